The van der Waals surface area contributed by atoms with Crippen molar-refractivity contribution in [3.8, 4) is 0 Å². The molecule has 20 heavy (non-hydrogen) atoms. The molecule has 0 atom stereocenters. The van der Waals surface area contributed by atoms with Gasteiger partial charge in [-0.05, 0) is 23.2 Å². The number of nitrogens with one attached hydrogen (secondary N) is 2. The summed E-state index contributed by atoms with van der Waals surface area (Å²) in [6.07, 6.45) is 0.670. The number of carbonyl (C=O) groups is 3. The standard InChI is InChI=1S/C10H12N6O4/c11-6-5(14-20-15-6)7(17)16-3-1-10(2-4-16)8(18)12-9(19)13-10/h1-4H2,(H2,11,15)(H2,12,13,18,19). The van der Waals surface area contributed by atoms with Crippen LogP contribution >= 0.6 is 0 Å². The molecule has 3 heterocycles. The molecule has 1 spiro atoms. The monoisotopic (exact) mass is 280 g/mol. The lowest BCUT2D eigenvalue weighted by Gasteiger charge is -2.36. The molecule has 0 unspecified atom stereocenters. The van der Waals surface area contributed by atoms with E-state index < -0.39 is 17.5 Å². The molecule has 0 aliphatic carbocycles. The maximum atomic E-state index is 12.1. The van der Waals surface area contributed by atoms with Crippen LogP contribution in [-0.4, -0.2) is 51.7 Å². The van der Waals surface area contributed by atoms with Crippen molar-refractivity contribution in [3.05, 3.63) is 5.69 Å². The molecule has 2 aliphatic heterocycles. The molecule has 0 radical (unpaired) electrons. The van der Waals surface area contributed by atoms with Crippen molar-refractivity contribution in [3.63, 3.8) is 0 Å². The Labute approximate surface area is 112 Å². The van der Waals surface area contributed by atoms with E-state index in [2.05, 4.69) is 25.6 Å². The first-order chi connectivity index (χ1) is 9.52. The molecular weight excluding hydrogens is 268 g/mol. The number of amides is 4. The van der Waals surface area contributed by atoms with Gasteiger partial charge < -0.3 is 16.0 Å². The molecule has 10 heteroatoms. The highest BCUT2D eigenvalue weighted by atomic mass is 16.6. The number of imide groups is 1. The zero-order chi connectivity index (χ0) is 14.3. The average molecular weight is 280 g/mol. The van der Waals surface area contributed by atoms with E-state index in [0.717, 1.165) is 0 Å². The van der Waals surface area contributed by atoms with E-state index in [1.165, 1.54) is 4.90 Å². The number of piperidine rings is 1. The predicted octanol–water partition coefficient (Wildman–Crippen LogP) is -1.53. The lowest BCUT2D eigenvalue weighted by molar-refractivity contribution is -0.125. The van der Waals surface area contributed by atoms with Gasteiger partial charge in [0.25, 0.3) is 11.8 Å². The first kappa shape index (κ1) is 12.4. The smallest absolute Gasteiger partial charge is 0.322 e. The van der Waals surface area contributed by atoms with Crippen molar-refractivity contribution in [2.24, 2.45) is 0 Å². The number of hydrogen-bond acceptors (Lipinski definition) is 7. The Bertz CT molecular complexity index is 588. The van der Waals surface area contributed by atoms with Gasteiger partial charge in [-0.25, -0.2) is 9.42 Å². The molecule has 0 aromatic carbocycles. The van der Waals surface area contributed by atoms with Crippen LogP contribution in [0.2, 0.25) is 0 Å². The third-order valence-electron chi connectivity index (χ3n) is 3.64. The second kappa shape index (κ2) is 4.18. The number of nitrogens with two attached hydrogens (primary N) is 1. The number of rotatable bonds is 1. The van der Waals surface area contributed by atoms with Gasteiger partial charge in [-0.3, -0.25) is 14.9 Å². The minimum Gasteiger partial charge on any atom is -0.379 e. The highest BCUT2D eigenvalue weighted by molar-refractivity contribution is 6.07. The number of likely N-dealkylation sites (tertiary alicyclic amines) is 1. The number of hydrogen-bond donors (Lipinski definition) is 3. The second-order valence-corrected chi connectivity index (χ2v) is 4.78. The summed E-state index contributed by atoms with van der Waals surface area (Å²) in [5, 5.41) is 11.6. The van der Waals surface area contributed by atoms with Crippen molar-refractivity contribution >= 4 is 23.7 Å². The first-order valence-corrected chi connectivity index (χ1v) is 6.03. The van der Waals surface area contributed by atoms with Gasteiger partial charge >= 0.3 is 6.03 Å². The van der Waals surface area contributed by atoms with Crippen LogP contribution in [0.25, 0.3) is 0 Å². The fourth-order valence-corrected chi connectivity index (χ4v) is 2.47. The summed E-state index contributed by atoms with van der Waals surface area (Å²) in [6, 6.07) is -0.500. The number of aromatic nitrogens is 2. The first-order valence-electron chi connectivity index (χ1n) is 6.03. The number of anilines is 1. The summed E-state index contributed by atoms with van der Waals surface area (Å²) in [7, 11) is 0. The van der Waals surface area contributed by atoms with Gasteiger partial charge in [0.2, 0.25) is 11.5 Å². The van der Waals surface area contributed by atoms with E-state index in [-0.39, 0.29) is 17.4 Å². The Kier molecular flexibility index (Phi) is 2.59. The van der Waals surface area contributed by atoms with E-state index in [1.54, 1.807) is 0 Å². The van der Waals surface area contributed by atoms with Crippen molar-refractivity contribution in [2.75, 3.05) is 18.8 Å². The second-order valence-electron chi connectivity index (χ2n) is 4.78. The summed E-state index contributed by atoms with van der Waals surface area (Å²) < 4.78 is 4.39. The minimum absolute atomic E-state index is 0.0409. The average Bonchev–Trinajstić information content (AvgIpc) is 2.95. The van der Waals surface area contributed by atoms with Gasteiger partial charge in [0, 0.05) is 13.1 Å². The van der Waals surface area contributed by atoms with Crippen LogP contribution in [0.3, 0.4) is 0 Å². The van der Waals surface area contributed by atoms with Crippen LogP contribution in [0, 0.1) is 0 Å². The van der Waals surface area contributed by atoms with Crippen LogP contribution in [0.5, 0.6) is 0 Å². The molecule has 3 rings (SSSR count). The molecule has 2 saturated heterocycles. The largest absolute Gasteiger partial charge is 0.379 e. The summed E-state index contributed by atoms with van der Waals surface area (Å²) in [5.41, 5.74) is 4.51. The maximum absolute atomic E-state index is 12.1. The van der Waals surface area contributed by atoms with Crippen LogP contribution in [0.1, 0.15) is 23.3 Å². The zero-order valence-electron chi connectivity index (χ0n) is 10.4. The SMILES string of the molecule is Nc1nonc1C(=O)N1CCC2(CC1)NC(=O)NC2=O. The minimum atomic E-state index is -0.915. The van der Waals surface area contributed by atoms with E-state index in [9.17, 15) is 14.4 Å². The Morgan fingerprint density at radius 3 is 2.50 bits per heavy atom. The molecule has 2 fully saturated rings. The summed E-state index contributed by atoms with van der Waals surface area (Å²) in [6.45, 7) is 0.609. The number of urea groups is 1. The number of nitrogens with zero attached hydrogens (tertiary/aromatic N) is 3. The van der Waals surface area contributed by atoms with Crippen LogP contribution < -0.4 is 16.4 Å². The molecule has 0 bridgehead atoms. The zero-order valence-corrected chi connectivity index (χ0v) is 10.4. The van der Waals surface area contributed by atoms with Crippen molar-refractivity contribution in [2.45, 2.75) is 18.4 Å². The van der Waals surface area contributed by atoms with Gasteiger partial charge in [0.1, 0.15) is 5.54 Å². The molecular formula is C10H12N6O4. The Morgan fingerprint density at radius 2 is 2.00 bits per heavy atom. The topological polar surface area (TPSA) is 143 Å². The third-order valence-corrected chi connectivity index (χ3v) is 3.64. The van der Waals surface area contributed by atoms with Gasteiger partial charge in [-0.1, -0.05) is 0 Å². The van der Waals surface area contributed by atoms with Gasteiger partial charge in [-0.15, -0.1) is 0 Å². The fourth-order valence-electron chi connectivity index (χ4n) is 2.47. The third kappa shape index (κ3) is 1.76. The van der Waals surface area contributed by atoms with Gasteiger partial charge in [0.15, 0.2) is 0 Å². The highest BCUT2D eigenvalue weighted by Gasteiger charge is 2.48. The fraction of sp³-hybridized carbons (Fsp3) is 0.500. The van der Waals surface area contributed by atoms with E-state index >= 15 is 0 Å². The Balaban J connectivity index is 1.70. The molecule has 4 amide bonds. The van der Waals surface area contributed by atoms with E-state index in [0.29, 0.717) is 25.9 Å². The molecule has 1 aromatic rings. The Morgan fingerprint density at radius 1 is 1.30 bits per heavy atom. The lowest BCUT2D eigenvalue weighted by atomic mass is 9.87. The van der Waals surface area contributed by atoms with Crippen LogP contribution in [0.15, 0.2) is 4.63 Å². The van der Waals surface area contributed by atoms with Crippen LogP contribution in [-0.2, 0) is 4.79 Å². The molecule has 2 aliphatic rings. The lowest BCUT2D eigenvalue weighted by Crippen LogP contribution is -2.55. The molecule has 0 saturated carbocycles. The summed E-state index contributed by atoms with van der Waals surface area (Å²) >= 11 is 0. The van der Waals surface area contributed by atoms with Crippen molar-refractivity contribution in [1.29, 1.82) is 0 Å². The van der Waals surface area contributed by atoms with E-state index in [4.69, 9.17) is 5.73 Å². The Hall–Kier alpha value is -2.65. The van der Waals surface area contributed by atoms with Gasteiger partial charge in [-0.2, -0.15) is 0 Å². The molecule has 106 valence electrons. The number of nitrogen functional groups attached to an aromatic ring is 1. The molecule has 10 nitrogen and oxygen atoms in total. The highest BCUT2D eigenvalue weighted by Crippen LogP contribution is 2.26. The predicted molar refractivity (Wildman–Crippen MR) is 63.3 cm³/mol. The quantitative estimate of drug-likeness (QED) is 0.529. The van der Waals surface area contributed by atoms with E-state index in [1.807, 2.05) is 0 Å². The normalized spacial score (nSPS) is 20.9. The molecule has 1 aromatic heterocycles. The molecule has 4 N–H and O–H groups in total. The van der Waals surface area contributed by atoms with Crippen molar-refractivity contribution in [1.82, 2.24) is 25.8 Å². The summed E-state index contributed by atoms with van der Waals surface area (Å²) in [4.78, 5) is 36.6. The maximum Gasteiger partial charge on any atom is 0.322 e. The van der Waals surface area contributed by atoms with Crippen molar-refractivity contribution < 1.29 is 19.0 Å². The van der Waals surface area contributed by atoms with Crippen LogP contribution in [0.4, 0.5) is 10.6 Å². The van der Waals surface area contributed by atoms with Gasteiger partial charge in [0.05, 0.1) is 0 Å². The summed E-state index contributed by atoms with van der Waals surface area (Å²) in [5.74, 6) is -0.817. The number of carbonyl (C=O) groups excluding carboxylic acids is 3.